The molecule has 1 saturated heterocycles. The highest BCUT2D eigenvalue weighted by molar-refractivity contribution is 6.32. The molecule has 7 nitrogen and oxygen atoms in total. The number of methoxy groups -OCH3 is 2. The van der Waals surface area contributed by atoms with E-state index in [1.165, 1.54) is 7.11 Å². The van der Waals surface area contributed by atoms with E-state index in [0.29, 0.717) is 40.8 Å². The van der Waals surface area contributed by atoms with Gasteiger partial charge in [0, 0.05) is 23.7 Å². The predicted octanol–water partition coefficient (Wildman–Crippen LogP) is 5.22. The van der Waals surface area contributed by atoms with Crippen molar-refractivity contribution >= 4 is 28.5 Å². The van der Waals surface area contributed by atoms with Crippen molar-refractivity contribution in [2.75, 3.05) is 33.9 Å². The quantitative estimate of drug-likeness (QED) is 0.476. The lowest BCUT2D eigenvalue weighted by Gasteiger charge is -2.20. The summed E-state index contributed by atoms with van der Waals surface area (Å²) in [5, 5.41) is 0.738. The van der Waals surface area contributed by atoms with Crippen molar-refractivity contribution in [2.45, 2.75) is 32.6 Å². The van der Waals surface area contributed by atoms with Crippen LogP contribution in [0.15, 0.2) is 39.5 Å². The third-order valence-corrected chi connectivity index (χ3v) is 6.48. The van der Waals surface area contributed by atoms with Crippen LogP contribution in [0.2, 0.25) is 5.02 Å². The number of aryl methyl sites for hydroxylation is 1. The Labute approximate surface area is 203 Å². The Morgan fingerprint density at radius 3 is 2.41 bits per heavy atom. The lowest BCUT2D eigenvalue weighted by atomic mass is 10.1. The van der Waals surface area contributed by atoms with E-state index < -0.39 is 5.43 Å². The van der Waals surface area contributed by atoms with Crippen molar-refractivity contribution in [1.82, 2.24) is 4.90 Å². The van der Waals surface area contributed by atoms with E-state index >= 15 is 0 Å². The Morgan fingerprint density at radius 2 is 1.74 bits per heavy atom. The van der Waals surface area contributed by atoms with Gasteiger partial charge in [-0.05, 0) is 55.7 Å². The number of ether oxygens (including phenoxy) is 3. The molecular formula is C26H28ClNO6. The fourth-order valence-electron chi connectivity index (χ4n) is 4.14. The van der Waals surface area contributed by atoms with Gasteiger partial charge in [-0.1, -0.05) is 24.4 Å². The van der Waals surface area contributed by atoms with Gasteiger partial charge >= 0.3 is 0 Å². The third kappa shape index (κ3) is 4.85. The van der Waals surface area contributed by atoms with Crippen molar-refractivity contribution in [3.8, 4) is 28.6 Å². The average Bonchev–Trinajstić information content (AvgIpc) is 3.14. The number of fused-ring (bicyclic) bond motifs is 1. The molecule has 1 fully saturated rings. The molecule has 4 rings (SSSR count). The molecule has 0 aliphatic carbocycles. The number of rotatable bonds is 6. The van der Waals surface area contributed by atoms with Gasteiger partial charge in [0.2, 0.25) is 11.2 Å². The van der Waals surface area contributed by atoms with Crippen LogP contribution in [0.3, 0.4) is 0 Å². The van der Waals surface area contributed by atoms with Crippen LogP contribution in [0.4, 0.5) is 0 Å². The van der Waals surface area contributed by atoms with Gasteiger partial charge in [-0.3, -0.25) is 9.59 Å². The van der Waals surface area contributed by atoms with Crippen LogP contribution in [0.5, 0.6) is 17.2 Å². The van der Waals surface area contributed by atoms with E-state index in [0.717, 1.165) is 31.2 Å². The molecule has 0 saturated carbocycles. The van der Waals surface area contributed by atoms with E-state index in [1.54, 1.807) is 42.3 Å². The Bertz CT molecular complexity index is 1260. The van der Waals surface area contributed by atoms with Crippen LogP contribution in [0.1, 0.15) is 31.2 Å². The van der Waals surface area contributed by atoms with E-state index in [-0.39, 0.29) is 29.4 Å². The average molecular weight is 486 g/mol. The largest absolute Gasteiger partial charge is 0.493 e. The highest BCUT2D eigenvalue weighted by atomic mass is 35.5. The van der Waals surface area contributed by atoms with Crippen LogP contribution < -0.4 is 19.6 Å². The molecule has 1 aliphatic heterocycles. The monoisotopic (exact) mass is 485 g/mol. The van der Waals surface area contributed by atoms with E-state index in [1.807, 2.05) is 6.92 Å². The molecule has 1 amide bonds. The molecule has 3 aromatic rings. The maximum atomic E-state index is 13.5. The molecular weight excluding hydrogens is 458 g/mol. The fourth-order valence-corrected chi connectivity index (χ4v) is 4.31. The number of amides is 1. The van der Waals surface area contributed by atoms with Crippen LogP contribution in [0, 0.1) is 6.92 Å². The molecule has 0 radical (unpaired) electrons. The molecule has 0 N–H and O–H groups in total. The molecule has 1 aliphatic rings. The Hall–Kier alpha value is -3.19. The first-order chi connectivity index (χ1) is 16.4. The number of benzene rings is 2. The van der Waals surface area contributed by atoms with Crippen LogP contribution in [0.25, 0.3) is 22.3 Å². The molecule has 34 heavy (non-hydrogen) atoms. The number of halogens is 1. The van der Waals surface area contributed by atoms with E-state index in [9.17, 15) is 9.59 Å². The maximum Gasteiger partial charge on any atom is 0.260 e. The van der Waals surface area contributed by atoms with Gasteiger partial charge in [-0.2, -0.15) is 0 Å². The van der Waals surface area contributed by atoms with Gasteiger partial charge in [0.1, 0.15) is 5.58 Å². The summed E-state index contributed by atoms with van der Waals surface area (Å²) in [7, 11) is 3.07. The summed E-state index contributed by atoms with van der Waals surface area (Å²) in [6, 6.07) is 8.46. The molecule has 0 atom stereocenters. The van der Waals surface area contributed by atoms with Gasteiger partial charge in [0.15, 0.2) is 23.9 Å². The molecule has 2 aromatic carbocycles. The van der Waals surface area contributed by atoms with Gasteiger partial charge in [0.25, 0.3) is 5.91 Å². The lowest BCUT2D eigenvalue weighted by Crippen LogP contribution is -2.36. The molecule has 0 spiro atoms. The molecule has 8 heteroatoms. The van der Waals surface area contributed by atoms with Gasteiger partial charge in [0.05, 0.1) is 19.6 Å². The van der Waals surface area contributed by atoms with Gasteiger partial charge < -0.3 is 23.5 Å². The maximum absolute atomic E-state index is 13.5. The zero-order valence-electron chi connectivity index (χ0n) is 19.6. The molecule has 0 unspecified atom stereocenters. The Morgan fingerprint density at radius 1 is 1.03 bits per heavy atom. The first-order valence-corrected chi connectivity index (χ1v) is 11.7. The summed E-state index contributed by atoms with van der Waals surface area (Å²) in [6.07, 6.45) is 4.17. The van der Waals surface area contributed by atoms with Crippen molar-refractivity contribution in [3.05, 3.63) is 51.1 Å². The SMILES string of the molecule is COc1ccc(-c2oc3cc(C)c(Cl)cc3c(=O)c2OCC(=O)N2CCCCCC2)cc1OC. The fraction of sp³-hybridized carbons (Fsp3) is 0.385. The summed E-state index contributed by atoms with van der Waals surface area (Å²) in [4.78, 5) is 28.1. The first kappa shape index (κ1) is 24.0. The van der Waals surface area contributed by atoms with E-state index in [4.69, 9.17) is 30.2 Å². The summed E-state index contributed by atoms with van der Waals surface area (Å²) in [6.45, 7) is 2.98. The second-order valence-corrected chi connectivity index (χ2v) is 8.75. The zero-order valence-corrected chi connectivity index (χ0v) is 20.4. The number of hydrogen-bond donors (Lipinski definition) is 0. The van der Waals surface area contributed by atoms with Crippen molar-refractivity contribution in [3.63, 3.8) is 0 Å². The smallest absolute Gasteiger partial charge is 0.260 e. The number of carbonyl (C=O) groups is 1. The zero-order chi connectivity index (χ0) is 24.2. The minimum Gasteiger partial charge on any atom is -0.493 e. The standard InChI is InChI=1S/C26H28ClNO6/c1-16-12-21-18(14-19(16)27)24(30)26(33-15-23(29)28-10-6-4-5-7-11-28)25(34-21)17-8-9-20(31-2)22(13-17)32-3/h8-9,12-14H,4-7,10-11,15H2,1-3H3. The summed E-state index contributed by atoms with van der Waals surface area (Å²) < 4.78 is 22.8. The number of nitrogens with zero attached hydrogens (tertiary/aromatic N) is 1. The van der Waals surface area contributed by atoms with Crippen LogP contribution in [-0.2, 0) is 4.79 Å². The normalized spacial score (nSPS) is 14.1. The lowest BCUT2D eigenvalue weighted by molar-refractivity contribution is -0.133. The highest BCUT2D eigenvalue weighted by Crippen LogP contribution is 2.37. The number of likely N-dealkylation sites (tertiary alicyclic amines) is 1. The molecule has 1 aromatic heterocycles. The minimum atomic E-state index is -0.392. The van der Waals surface area contributed by atoms with Gasteiger partial charge in [-0.25, -0.2) is 0 Å². The van der Waals surface area contributed by atoms with Crippen molar-refractivity contribution < 1.29 is 23.4 Å². The molecule has 0 bridgehead atoms. The first-order valence-electron chi connectivity index (χ1n) is 11.3. The highest BCUT2D eigenvalue weighted by Gasteiger charge is 2.23. The van der Waals surface area contributed by atoms with Crippen LogP contribution in [-0.4, -0.2) is 44.7 Å². The second kappa shape index (κ2) is 10.4. The topological polar surface area (TPSA) is 78.2 Å². The van der Waals surface area contributed by atoms with E-state index in [2.05, 4.69) is 0 Å². The Balaban J connectivity index is 1.78. The second-order valence-electron chi connectivity index (χ2n) is 8.34. The third-order valence-electron chi connectivity index (χ3n) is 6.07. The Kier molecular flexibility index (Phi) is 7.32. The molecule has 2 heterocycles. The summed E-state index contributed by atoms with van der Waals surface area (Å²) >= 11 is 6.27. The predicted molar refractivity (Wildman–Crippen MR) is 131 cm³/mol. The number of carbonyl (C=O) groups excluding carboxylic acids is 1. The summed E-state index contributed by atoms with van der Waals surface area (Å²) in [5.41, 5.74) is 1.32. The number of hydrogen-bond acceptors (Lipinski definition) is 6. The van der Waals surface area contributed by atoms with Crippen molar-refractivity contribution in [1.29, 1.82) is 0 Å². The molecule has 180 valence electrons. The summed E-state index contributed by atoms with van der Waals surface area (Å²) in [5.74, 6) is 1.03. The van der Waals surface area contributed by atoms with Gasteiger partial charge in [-0.15, -0.1) is 0 Å². The van der Waals surface area contributed by atoms with Crippen molar-refractivity contribution in [2.24, 2.45) is 0 Å². The van der Waals surface area contributed by atoms with Crippen LogP contribution >= 0.6 is 11.6 Å². The minimum absolute atomic E-state index is 0.0391.